The standard InChI is InChI=1S/C32H34N6O3/c1-4-24(39)8-6-5-7-13-38-18-22-15-28(22)41-29-16-26-30(37-32(29)38)31(35-19-34-26)36-23-10-12-27(20(2)14-23)40-25-11-9-21(3)33-17-25/h4,9-12,14,16-17,19,22,28H,1,5-8,13,15,18H2,2-3H3,(H,34,35,36). The van der Waals surface area contributed by atoms with Crippen LogP contribution in [-0.4, -0.2) is 44.9 Å². The van der Waals surface area contributed by atoms with E-state index in [1.807, 2.05) is 50.2 Å². The van der Waals surface area contributed by atoms with E-state index in [1.165, 1.54) is 6.08 Å². The molecule has 1 N–H and O–H groups in total. The third-order valence-electron chi connectivity index (χ3n) is 7.58. The van der Waals surface area contributed by atoms with Gasteiger partial charge in [-0.3, -0.25) is 9.78 Å². The van der Waals surface area contributed by atoms with Gasteiger partial charge >= 0.3 is 0 Å². The van der Waals surface area contributed by atoms with E-state index in [1.54, 1.807) is 12.5 Å². The maximum absolute atomic E-state index is 11.6. The highest BCUT2D eigenvalue weighted by Crippen LogP contribution is 2.44. The number of rotatable bonds is 11. The minimum Gasteiger partial charge on any atom is -0.486 e. The predicted molar refractivity (Wildman–Crippen MR) is 159 cm³/mol. The van der Waals surface area contributed by atoms with Crippen LogP contribution in [0.5, 0.6) is 17.2 Å². The van der Waals surface area contributed by atoms with Gasteiger partial charge in [-0.25, -0.2) is 15.0 Å². The fraction of sp³-hybridized carbons (Fsp3) is 0.344. The lowest BCUT2D eigenvalue weighted by atomic mass is 10.1. The van der Waals surface area contributed by atoms with Crippen LogP contribution in [0.3, 0.4) is 0 Å². The van der Waals surface area contributed by atoms with E-state index in [-0.39, 0.29) is 11.9 Å². The Labute approximate surface area is 239 Å². The van der Waals surface area contributed by atoms with E-state index in [0.29, 0.717) is 29.4 Å². The maximum atomic E-state index is 11.6. The molecule has 9 heteroatoms. The van der Waals surface area contributed by atoms with Crippen molar-refractivity contribution in [3.8, 4) is 17.2 Å². The number of unbranched alkanes of at least 4 members (excludes halogenated alkanes) is 2. The zero-order valence-corrected chi connectivity index (χ0v) is 23.5. The molecule has 9 nitrogen and oxygen atoms in total. The largest absolute Gasteiger partial charge is 0.486 e. The number of ether oxygens (including phenoxy) is 2. The zero-order chi connectivity index (χ0) is 28.3. The van der Waals surface area contributed by atoms with E-state index in [2.05, 4.69) is 31.7 Å². The molecule has 2 unspecified atom stereocenters. The minimum atomic E-state index is 0.105. The van der Waals surface area contributed by atoms with Crippen LogP contribution < -0.4 is 19.7 Å². The number of benzene rings is 1. The summed E-state index contributed by atoms with van der Waals surface area (Å²) in [6.07, 6.45) is 9.36. The van der Waals surface area contributed by atoms with Crippen LogP contribution in [0.4, 0.5) is 17.3 Å². The first-order valence-electron chi connectivity index (χ1n) is 14.2. The Balaban J connectivity index is 1.22. The number of aromatic nitrogens is 4. The van der Waals surface area contributed by atoms with Crippen molar-refractivity contribution in [2.24, 2.45) is 5.92 Å². The third kappa shape index (κ3) is 6.14. The van der Waals surface area contributed by atoms with Crippen molar-refractivity contribution in [3.63, 3.8) is 0 Å². The molecule has 0 radical (unpaired) electrons. The fourth-order valence-electron chi connectivity index (χ4n) is 5.15. The van der Waals surface area contributed by atoms with Crippen LogP contribution >= 0.6 is 0 Å². The van der Waals surface area contributed by atoms with Crippen molar-refractivity contribution in [3.05, 3.63) is 72.8 Å². The molecule has 1 aliphatic heterocycles. The summed E-state index contributed by atoms with van der Waals surface area (Å²) in [4.78, 5) is 32.3. The molecule has 210 valence electrons. The second-order valence-electron chi connectivity index (χ2n) is 10.8. The van der Waals surface area contributed by atoms with Crippen molar-refractivity contribution in [2.75, 3.05) is 23.3 Å². The van der Waals surface area contributed by atoms with Gasteiger partial charge in [-0.1, -0.05) is 13.0 Å². The lowest BCUT2D eigenvalue weighted by Crippen LogP contribution is -2.27. The number of carbonyl (C=O) groups is 1. The Morgan fingerprint density at radius 1 is 1.15 bits per heavy atom. The molecule has 1 fully saturated rings. The highest BCUT2D eigenvalue weighted by atomic mass is 16.5. The van der Waals surface area contributed by atoms with E-state index in [0.717, 1.165) is 78.6 Å². The average Bonchev–Trinajstić information content (AvgIpc) is 3.72. The predicted octanol–water partition coefficient (Wildman–Crippen LogP) is 6.48. The first-order chi connectivity index (χ1) is 20.0. The first kappa shape index (κ1) is 26.7. The summed E-state index contributed by atoms with van der Waals surface area (Å²) in [6.45, 7) is 9.28. The molecule has 3 aromatic heterocycles. The van der Waals surface area contributed by atoms with Crippen molar-refractivity contribution in [1.82, 2.24) is 19.9 Å². The van der Waals surface area contributed by atoms with Crippen LogP contribution in [0.15, 0.2) is 61.6 Å². The maximum Gasteiger partial charge on any atom is 0.172 e. The number of ketones is 1. The van der Waals surface area contributed by atoms with Gasteiger partial charge in [0.25, 0.3) is 0 Å². The van der Waals surface area contributed by atoms with Gasteiger partial charge in [-0.05, 0) is 75.1 Å². The smallest absolute Gasteiger partial charge is 0.172 e. The Morgan fingerprint density at radius 3 is 2.85 bits per heavy atom. The second-order valence-corrected chi connectivity index (χ2v) is 10.8. The Morgan fingerprint density at radius 2 is 2.05 bits per heavy atom. The van der Waals surface area contributed by atoms with Gasteiger partial charge in [0.1, 0.15) is 29.4 Å². The van der Waals surface area contributed by atoms with Crippen LogP contribution in [-0.2, 0) is 4.79 Å². The topological polar surface area (TPSA) is 102 Å². The van der Waals surface area contributed by atoms with Crippen molar-refractivity contribution >= 4 is 34.1 Å². The summed E-state index contributed by atoms with van der Waals surface area (Å²) >= 11 is 0. The number of hydrogen-bond acceptors (Lipinski definition) is 9. The molecule has 2 aliphatic rings. The molecule has 0 bridgehead atoms. The van der Waals surface area contributed by atoms with Gasteiger partial charge in [-0.2, -0.15) is 0 Å². The molecule has 4 heterocycles. The molecule has 41 heavy (non-hydrogen) atoms. The summed E-state index contributed by atoms with van der Waals surface area (Å²) in [5.74, 6) is 4.31. The van der Waals surface area contributed by atoms with E-state index >= 15 is 0 Å². The second kappa shape index (κ2) is 11.5. The molecule has 1 aliphatic carbocycles. The van der Waals surface area contributed by atoms with Gasteiger partial charge in [-0.15, -0.1) is 0 Å². The lowest BCUT2D eigenvalue weighted by Gasteiger charge is -2.24. The van der Waals surface area contributed by atoms with E-state index in [4.69, 9.17) is 14.5 Å². The first-order valence-corrected chi connectivity index (χ1v) is 14.2. The number of allylic oxidation sites excluding steroid dienone is 1. The van der Waals surface area contributed by atoms with Gasteiger partial charge in [0.15, 0.2) is 23.2 Å². The van der Waals surface area contributed by atoms with Gasteiger partial charge in [0.2, 0.25) is 0 Å². The summed E-state index contributed by atoms with van der Waals surface area (Å²) in [7, 11) is 0. The summed E-state index contributed by atoms with van der Waals surface area (Å²) in [6, 6.07) is 11.7. The number of nitrogens with one attached hydrogen (secondary N) is 1. The highest BCUT2D eigenvalue weighted by molar-refractivity contribution is 5.90. The molecule has 0 saturated heterocycles. The fourth-order valence-corrected chi connectivity index (χ4v) is 5.15. The number of hydrogen-bond donors (Lipinski definition) is 1. The summed E-state index contributed by atoms with van der Waals surface area (Å²) in [5, 5.41) is 3.44. The Bertz CT molecular complexity index is 1590. The van der Waals surface area contributed by atoms with E-state index in [9.17, 15) is 4.79 Å². The zero-order valence-electron chi connectivity index (χ0n) is 23.5. The third-order valence-corrected chi connectivity index (χ3v) is 7.58. The van der Waals surface area contributed by atoms with Crippen LogP contribution in [0.1, 0.15) is 43.4 Å². The Kier molecular flexibility index (Phi) is 7.50. The monoisotopic (exact) mass is 550 g/mol. The van der Waals surface area contributed by atoms with Crippen LogP contribution in [0, 0.1) is 19.8 Å². The quantitative estimate of drug-likeness (QED) is 0.166. The molecule has 1 aromatic carbocycles. The molecule has 0 amide bonds. The number of carbonyl (C=O) groups excluding carboxylic acids is 1. The number of aryl methyl sites for hydroxylation is 2. The molecule has 2 atom stereocenters. The number of anilines is 3. The number of fused-ring (bicyclic) bond motifs is 3. The molecule has 1 saturated carbocycles. The average molecular weight is 551 g/mol. The summed E-state index contributed by atoms with van der Waals surface area (Å²) in [5.41, 5.74) is 4.21. The number of nitrogens with zero attached hydrogens (tertiary/aromatic N) is 5. The van der Waals surface area contributed by atoms with Crippen molar-refractivity contribution in [2.45, 2.75) is 52.1 Å². The molecule has 0 spiro atoms. The van der Waals surface area contributed by atoms with Crippen molar-refractivity contribution < 1.29 is 14.3 Å². The van der Waals surface area contributed by atoms with Gasteiger partial charge in [0.05, 0.1) is 11.7 Å². The van der Waals surface area contributed by atoms with Gasteiger partial charge < -0.3 is 19.7 Å². The van der Waals surface area contributed by atoms with Gasteiger partial charge in [0, 0.05) is 42.9 Å². The van der Waals surface area contributed by atoms with E-state index < -0.39 is 0 Å². The number of pyridine rings is 2. The summed E-state index contributed by atoms with van der Waals surface area (Å²) < 4.78 is 12.4. The SMILES string of the molecule is C=CC(=O)CCCCCN1CC2CC2Oc2cc3ncnc(Nc4ccc(Oc5ccc(C)nc5)c(C)c4)c3nc21. The van der Waals surface area contributed by atoms with Crippen LogP contribution in [0.25, 0.3) is 11.0 Å². The highest BCUT2D eigenvalue weighted by Gasteiger charge is 2.44. The van der Waals surface area contributed by atoms with Crippen molar-refractivity contribution in [1.29, 1.82) is 0 Å². The normalized spacial score (nSPS) is 17.2. The van der Waals surface area contributed by atoms with Crippen LogP contribution in [0.2, 0.25) is 0 Å². The molecular formula is C32H34N6O3. The minimum absolute atomic E-state index is 0.105. The molecule has 6 rings (SSSR count). The lowest BCUT2D eigenvalue weighted by molar-refractivity contribution is -0.114. The Hall–Kier alpha value is -4.53. The molecule has 4 aromatic rings. The molecular weight excluding hydrogens is 516 g/mol.